The fourth-order valence-electron chi connectivity index (χ4n) is 2.66. The molecular formula is C18H20BrN5O2. The largest absolute Gasteiger partial charge is 0.497 e. The fourth-order valence-corrected chi connectivity index (χ4v) is 3.08. The number of rotatable bonds is 6. The minimum absolute atomic E-state index is 0.131. The molecule has 0 aliphatic rings. The number of halogens is 1. The van der Waals surface area contributed by atoms with Gasteiger partial charge in [0.15, 0.2) is 0 Å². The molecule has 26 heavy (non-hydrogen) atoms. The van der Waals surface area contributed by atoms with Crippen molar-refractivity contribution < 1.29 is 9.53 Å². The minimum Gasteiger partial charge on any atom is -0.497 e. The molecular weight excluding hydrogens is 398 g/mol. The van der Waals surface area contributed by atoms with E-state index in [0.717, 1.165) is 28.0 Å². The highest BCUT2D eigenvalue weighted by Crippen LogP contribution is 2.22. The molecule has 3 rings (SSSR count). The zero-order chi connectivity index (χ0) is 18.7. The number of carbonyl (C=O) groups excluding carboxylic acids is 1. The van der Waals surface area contributed by atoms with Gasteiger partial charge >= 0.3 is 0 Å². The van der Waals surface area contributed by atoms with E-state index >= 15 is 0 Å². The summed E-state index contributed by atoms with van der Waals surface area (Å²) >= 11 is 3.49. The Labute approximate surface area is 160 Å². The van der Waals surface area contributed by atoms with E-state index in [0.29, 0.717) is 17.9 Å². The lowest BCUT2D eigenvalue weighted by atomic mass is 10.1. The van der Waals surface area contributed by atoms with Crippen LogP contribution in [0.15, 0.2) is 41.0 Å². The number of ether oxygens (including phenoxy) is 1. The van der Waals surface area contributed by atoms with Crippen LogP contribution in [0.4, 0.5) is 0 Å². The van der Waals surface area contributed by atoms with Gasteiger partial charge in [-0.3, -0.25) is 14.6 Å². The van der Waals surface area contributed by atoms with Crippen LogP contribution in [0.3, 0.4) is 0 Å². The molecule has 2 heterocycles. The van der Waals surface area contributed by atoms with Gasteiger partial charge in [0.25, 0.3) is 5.91 Å². The summed E-state index contributed by atoms with van der Waals surface area (Å²) in [6.45, 7) is 3.21. The van der Waals surface area contributed by atoms with E-state index in [4.69, 9.17) is 4.74 Å². The lowest BCUT2D eigenvalue weighted by Gasteiger charge is -2.17. The maximum absolute atomic E-state index is 12.7. The Morgan fingerprint density at radius 1 is 1.35 bits per heavy atom. The third-order valence-electron chi connectivity index (χ3n) is 4.12. The summed E-state index contributed by atoms with van der Waals surface area (Å²) in [5, 5.41) is 11.4. The van der Waals surface area contributed by atoms with Crippen LogP contribution in [0, 0.1) is 0 Å². The number of aromatic amines is 1. The summed E-state index contributed by atoms with van der Waals surface area (Å²) in [6.07, 6.45) is 1.75. The molecule has 0 saturated heterocycles. The molecule has 1 amide bonds. The van der Waals surface area contributed by atoms with Crippen molar-refractivity contribution in [2.24, 2.45) is 0 Å². The van der Waals surface area contributed by atoms with Gasteiger partial charge in [0.1, 0.15) is 11.4 Å². The molecule has 136 valence electrons. The van der Waals surface area contributed by atoms with Gasteiger partial charge in [0.2, 0.25) is 0 Å². The average Bonchev–Trinajstić information content (AvgIpc) is 3.29. The number of carbonyl (C=O) groups is 1. The normalized spacial score (nSPS) is 10.8. The van der Waals surface area contributed by atoms with Crippen LogP contribution < -0.4 is 4.74 Å². The quantitative estimate of drug-likeness (QED) is 0.666. The van der Waals surface area contributed by atoms with E-state index in [2.05, 4.69) is 31.2 Å². The van der Waals surface area contributed by atoms with Crippen molar-refractivity contribution in [2.75, 3.05) is 14.2 Å². The summed E-state index contributed by atoms with van der Waals surface area (Å²) in [7, 11) is 3.38. The van der Waals surface area contributed by atoms with Crippen molar-refractivity contribution in [3.8, 4) is 17.0 Å². The topological polar surface area (TPSA) is 76.0 Å². The predicted molar refractivity (Wildman–Crippen MR) is 102 cm³/mol. The molecule has 0 bridgehead atoms. The second kappa shape index (κ2) is 7.74. The maximum atomic E-state index is 12.7. The minimum atomic E-state index is -0.131. The SMILES string of the molecule is CCn1ncc(Br)c1CN(C)C(=O)c1cc(-c2ccc(OC)cc2)n[nH]1. The number of aryl methyl sites for hydroxylation is 1. The Balaban J connectivity index is 1.75. The van der Waals surface area contributed by atoms with Gasteiger partial charge in [-0.05, 0) is 53.2 Å². The number of benzene rings is 1. The molecule has 0 spiro atoms. The number of H-pyrrole nitrogens is 1. The third kappa shape index (κ3) is 3.65. The Hall–Kier alpha value is -2.61. The third-order valence-corrected chi connectivity index (χ3v) is 4.79. The van der Waals surface area contributed by atoms with E-state index in [1.54, 1.807) is 31.3 Å². The summed E-state index contributed by atoms with van der Waals surface area (Å²) in [5.41, 5.74) is 3.02. The van der Waals surface area contributed by atoms with E-state index < -0.39 is 0 Å². The van der Waals surface area contributed by atoms with E-state index in [1.165, 1.54) is 0 Å². The molecule has 0 fully saturated rings. The smallest absolute Gasteiger partial charge is 0.271 e. The molecule has 1 aromatic carbocycles. The van der Waals surface area contributed by atoms with Crippen LogP contribution in [0.2, 0.25) is 0 Å². The Morgan fingerprint density at radius 3 is 2.73 bits per heavy atom. The van der Waals surface area contributed by atoms with E-state index in [-0.39, 0.29) is 5.91 Å². The van der Waals surface area contributed by atoms with Crippen molar-refractivity contribution in [3.63, 3.8) is 0 Å². The first-order valence-electron chi connectivity index (χ1n) is 8.19. The highest BCUT2D eigenvalue weighted by atomic mass is 79.9. The van der Waals surface area contributed by atoms with Gasteiger partial charge in [-0.25, -0.2) is 0 Å². The lowest BCUT2D eigenvalue weighted by molar-refractivity contribution is 0.0775. The van der Waals surface area contributed by atoms with Crippen molar-refractivity contribution in [2.45, 2.75) is 20.0 Å². The van der Waals surface area contributed by atoms with Crippen LogP contribution in [0.1, 0.15) is 23.1 Å². The second-order valence-electron chi connectivity index (χ2n) is 5.81. The van der Waals surface area contributed by atoms with Gasteiger partial charge in [-0.2, -0.15) is 10.2 Å². The van der Waals surface area contributed by atoms with Gasteiger partial charge in [0.05, 0.1) is 35.7 Å². The number of nitrogens with one attached hydrogen (secondary N) is 1. The summed E-state index contributed by atoms with van der Waals surface area (Å²) < 4.78 is 7.91. The van der Waals surface area contributed by atoms with E-state index in [9.17, 15) is 4.79 Å². The maximum Gasteiger partial charge on any atom is 0.271 e. The van der Waals surface area contributed by atoms with E-state index in [1.807, 2.05) is 35.9 Å². The van der Waals surface area contributed by atoms with Crippen LogP contribution in [-0.4, -0.2) is 44.9 Å². The standard InChI is InChI=1S/C18H20BrN5O2/c1-4-24-17(14(19)10-20-24)11-23(2)18(25)16-9-15(21-22-16)12-5-7-13(26-3)8-6-12/h5-10H,4,11H2,1-3H3,(H,21,22). The Morgan fingerprint density at radius 2 is 2.08 bits per heavy atom. The Kier molecular flexibility index (Phi) is 5.41. The summed E-state index contributed by atoms with van der Waals surface area (Å²) in [5.74, 6) is 0.645. The van der Waals surface area contributed by atoms with Crippen LogP contribution >= 0.6 is 15.9 Å². The number of nitrogens with zero attached hydrogens (tertiary/aromatic N) is 4. The molecule has 7 nitrogen and oxygen atoms in total. The second-order valence-corrected chi connectivity index (χ2v) is 6.67. The molecule has 0 atom stereocenters. The van der Waals surface area contributed by atoms with Gasteiger partial charge in [0, 0.05) is 19.2 Å². The van der Waals surface area contributed by atoms with Crippen molar-refractivity contribution >= 4 is 21.8 Å². The first kappa shape index (κ1) is 18.2. The fraction of sp³-hybridized carbons (Fsp3) is 0.278. The molecule has 0 aliphatic heterocycles. The summed E-state index contributed by atoms with van der Waals surface area (Å²) in [6, 6.07) is 9.29. The number of methoxy groups -OCH3 is 1. The number of aromatic nitrogens is 4. The van der Waals surface area contributed by atoms with Gasteiger partial charge in [-0.1, -0.05) is 0 Å². The van der Waals surface area contributed by atoms with Gasteiger partial charge < -0.3 is 9.64 Å². The first-order valence-corrected chi connectivity index (χ1v) is 8.98. The number of hydrogen-bond donors (Lipinski definition) is 1. The molecule has 3 aromatic rings. The predicted octanol–water partition coefficient (Wildman–Crippen LogP) is 3.34. The van der Waals surface area contributed by atoms with Crippen LogP contribution in [0.25, 0.3) is 11.3 Å². The average molecular weight is 418 g/mol. The van der Waals surface area contributed by atoms with Crippen LogP contribution in [-0.2, 0) is 13.1 Å². The lowest BCUT2D eigenvalue weighted by Crippen LogP contribution is -2.28. The monoisotopic (exact) mass is 417 g/mol. The molecule has 0 aliphatic carbocycles. The van der Waals surface area contributed by atoms with Crippen molar-refractivity contribution in [3.05, 3.63) is 52.4 Å². The molecule has 8 heteroatoms. The van der Waals surface area contributed by atoms with Crippen LogP contribution in [0.5, 0.6) is 5.75 Å². The highest BCUT2D eigenvalue weighted by molar-refractivity contribution is 9.10. The van der Waals surface area contributed by atoms with Crippen molar-refractivity contribution in [1.82, 2.24) is 24.9 Å². The molecule has 0 unspecified atom stereocenters. The molecule has 0 radical (unpaired) electrons. The highest BCUT2D eigenvalue weighted by Gasteiger charge is 2.18. The Bertz CT molecular complexity index is 901. The number of hydrogen-bond acceptors (Lipinski definition) is 4. The molecule has 2 aromatic heterocycles. The van der Waals surface area contributed by atoms with Gasteiger partial charge in [-0.15, -0.1) is 0 Å². The molecule has 1 N–H and O–H groups in total. The zero-order valence-electron chi connectivity index (χ0n) is 14.9. The first-order chi connectivity index (χ1) is 12.5. The zero-order valence-corrected chi connectivity index (χ0v) is 16.4. The number of amides is 1. The molecule has 0 saturated carbocycles. The summed E-state index contributed by atoms with van der Waals surface area (Å²) in [4.78, 5) is 14.4. The van der Waals surface area contributed by atoms with Crippen molar-refractivity contribution in [1.29, 1.82) is 0 Å².